The molecule has 0 radical (unpaired) electrons. The average molecular weight is 445 g/mol. The van der Waals surface area contributed by atoms with Gasteiger partial charge >= 0.3 is 0 Å². The monoisotopic (exact) mass is 445 g/mol. The largest absolute Gasteiger partial charge is 0.345 e. The smallest absolute Gasteiger partial charge is 0.291 e. The summed E-state index contributed by atoms with van der Waals surface area (Å²) in [4.78, 5) is 22.0. The first-order valence-electron chi connectivity index (χ1n) is 9.66. The predicted octanol–water partition coefficient (Wildman–Crippen LogP) is 3.65. The van der Waals surface area contributed by atoms with Gasteiger partial charge in [0.2, 0.25) is 5.82 Å². The number of rotatable bonds is 6. The average Bonchev–Trinajstić information content (AvgIpc) is 3.60. The summed E-state index contributed by atoms with van der Waals surface area (Å²) in [6, 6.07) is 17.3. The Morgan fingerprint density at radius 2 is 1.81 bits per heavy atom. The van der Waals surface area contributed by atoms with Crippen LogP contribution in [0.25, 0.3) is 22.1 Å². The van der Waals surface area contributed by atoms with E-state index in [1.807, 2.05) is 41.8 Å². The molecule has 1 amide bonds. The van der Waals surface area contributed by atoms with E-state index in [0.29, 0.717) is 18.1 Å². The minimum Gasteiger partial charge on any atom is -0.345 e. The molecule has 2 aromatic carbocycles. The van der Waals surface area contributed by atoms with Crippen molar-refractivity contribution in [2.75, 3.05) is 0 Å². The van der Waals surface area contributed by atoms with E-state index in [-0.39, 0.29) is 11.6 Å². The van der Waals surface area contributed by atoms with E-state index >= 15 is 0 Å². The van der Waals surface area contributed by atoms with Gasteiger partial charge in [0.1, 0.15) is 18.5 Å². The van der Waals surface area contributed by atoms with Crippen LogP contribution in [0.4, 0.5) is 4.39 Å². The first-order chi connectivity index (χ1) is 15.7. The Kier molecular flexibility index (Phi) is 5.26. The third-order valence-electron chi connectivity index (χ3n) is 4.70. The van der Waals surface area contributed by atoms with Crippen molar-refractivity contribution in [3.63, 3.8) is 0 Å². The van der Waals surface area contributed by atoms with Crippen LogP contribution in [-0.2, 0) is 6.54 Å². The molecule has 158 valence electrons. The van der Waals surface area contributed by atoms with Crippen LogP contribution in [0.1, 0.15) is 16.2 Å². The number of carbonyl (C=O) groups is 1. The van der Waals surface area contributed by atoms with Crippen molar-refractivity contribution in [1.82, 2.24) is 34.8 Å². The molecule has 0 bridgehead atoms. The van der Waals surface area contributed by atoms with Crippen molar-refractivity contribution >= 4 is 17.2 Å². The molecular formula is C22H16FN7OS. The SMILES string of the molecule is O=C(NCc1ccc(-n2cncn2)cc1)c1nc(-c2cccs2)n(-c2ccc(F)cc2)n1. The molecule has 0 spiro atoms. The van der Waals surface area contributed by atoms with E-state index < -0.39 is 5.91 Å². The Balaban J connectivity index is 1.35. The summed E-state index contributed by atoms with van der Waals surface area (Å²) in [6.45, 7) is 0.315. The van der Waals surface area contributed by atoms with Gasteiger partial charge in [-0.3, -0.25) is 4.79 Å². The number of carbonyl (C=O) groups excluding carboxylic acids is 1. The van der Waals surface area contributed by atoms with Gasteiger partial charge in [-0.05, 0) is 53.4 Å². The van der Waals surface area contributed by atoms with E-state index in [1.165, 1.54) is 29.8 Å². The van der Waals surface area contributed by atoms with Crippen molar-refractivity contribution in [2.24, 2.45) is 0 Å². The Bertz CT molecular complexity index is 1330. The Morgan fingerprint density at radius 3 is 2.50 bits per heavy atom. The zero-order chi connectivity index (χ0) is 21.9. The molecule has 3 aromatic heterocycles. The van der Waals surface area contributed by atoms with Crippen LogP contribution in [0.2, 0.25) is 0 Å². The van der Waals surface area contributed by atoms with Gasteiger partial charge in [0, 0.05) is 6.54 Å². The molecule has 10 heteroatoms. The summed E-state index contributed by atoms with van der Waals surface area (Å²) >= 11 is 1.48. The van der Waals surface area contributed by atoms with Gasteiger partial charge < -0.3 is 5.32 Å². The summed E-state index contributed by atoms with van der Waals surface area (Å²) in [7, 11) is 0. The lowest BCUT2D eigenvalue weighted by Gasteiger charge is -2.05. The predicted molar refractivity (Wildman–Crippen MR) is 117 cm³/mol. The minimum atomic E-state index is -0.399. The fraction of sp³-hybridized carbons (Fsp3) is 0.0455. The Hall–Kier alpha value is -4.18. The molecular weight excluding hydrogens is 429 g/mol. The first kappa shape index (κ1) is 19.8. The number of benzene rings is 2. The maximum atomic E-state index is 13.4. The van der Waals surface area contributed by atoms with Gasteiger partial charge in [0.25, 0.3) is 5.91 Å². The second-order valence-corrected chi connectivity index (χ2v) is 7.76. The number of amides is 1. The van der Waals surface area contributed by atoms with Crippen molar-refractivity contribution in [3.8, 4) is 22.1 Å². The Labute approximate surface area is 186 Å². The first-order valence-corrected chi connectivity index (χ1v) is 10.5. The highest BCUT2D eigenvalue weighted by atomic mass is 32.1. The van der Waals surface area contributed by atoms with Gasteiger partial charge in [-0.2, -0.15) is 5.10 Å². The second-order valence-electron chi connectivity index (χ2n) is 6.81. The fourth-order valence-corrected chi connectivity index (χ4v) is 3.80. The van der Waals surface area contributed by atoms with E-state index in [0.717, 1.165) is 16.1 Å². The number of hydrogen-bond donors (Lipinski definition) is 1. The summed E-state index contributed by atoms with van der Waals surface area (Å²) in [6.07, 6.45) is 3.09. The van der Waals surface area contributed by atoms with E-state index in [9.17, 15) is 9.18 Å². The standard InChI is InChI=1S/C22H16FN7OS/c23-16-5-9-18(10-6-16)30-21(19-2-1-11-32-19)27-20(28-30)22(31)25-12-15-3-7-17(8-4-15)29-14-24-13-26-29/h1-11,13-14H,12H2,(H,25,31). The fourth-order valence-electron chi connectivity index (χ4n) is 3.11. The maximum Gasteiger partial charge on any atom is 0.291 e. The second kappa shape index (κ2) is 8.52. The van der Waals surface area contributed by atoms with Crippen molar-refractivity contribution < 1.29 is 9.18 Å². The lowest BCUT2D eigenvalue weighted by Crippen LogP contribution is -2.24. The highest BCUT2D eigenvalue weighted by molar-refractivity contribution is 7.13. The zero-order valence-electron chi connectivity index (χ0n) is 16.6. The number of thiophene rings is 1. The number of aromatic nitrogens is 6. The summed E-state index contributed by atoms with van der Waals surface area (Å²) in [5.74, 6) is -0.186. The molecule has 0 aliphatic heterocycles. The molecule has 0 fully saturated rings. The summed E-state index contributed by atoms with van der Waals surface area (Å²) in [5, 5.41) is 13.2. The molecule has 0 unspecified atom stereocenters. The van der Waals surface area contributed by atoms with Crippen LogP contribution >= 0.6 is 11.3 Å². The molecule has 1 N–H and O–H groups in total. The van der Waals surface area contributed by atoms with Crippen LogP contribution in [0, 0.1) is 5.82 Å². The van der Waals surface area contributed by atoms with Crippen LogP contribution in [0.3, 0.4) is 0 Å². The van der Waals surface area contributed by atoms with Gasteiger partial charge in [0.15, 0.2) is 5.82 Å². The molecule has 5 aromatic rings. The molecule has 8 nitrogen and oxygen atoms in total. The normalized spacial score (nSPS) is 10.9. The van der Waals surface area contributed by atoms with E-state index in [2.05, 4.69) is 25.5 Å². The Morgan fingerprint density at radius 1 is 1.03 bits per heavy atom. The molecule has 0 saturated carbocycles. The van der Waals surface area contributed by atoms with Crippen LogP contribution in [-0.4, -0.2) is 35.4 Å². The number of nitrogens with one attached hydrogen (secondary N) is 1. The van der Waals surface area contributed by atoms with Gasteiger partial charge in [0.05, 0.1) is 16.3 Å². The number of nitrogens with zero attached hydrogens (tertiary/aromatic N) is 6. The number of hydrogen-bond acceptors (Lipinski definition) is 6. The molecule has 5 rings (SSSR count). The van der Waals surface area contributed by atoms with Crippen LogP contribution in [0.15, 0.2) is 78.7 Å². The topological polar surface area (TPSA) is 90.5 Å². The summed E-state index contributed by atoms with van der Waals surface area (Å²) < 4.78 is 16.6. The van der Waals surface area contributed by atoms with Gasteiger partial charge in [-0.15, -0.1) is 16.4 Å². The van der Waals surface area contributed by atoms with Crippen molar-refractivity contribution in [1.29, 1.82) is 0 Å². The van der Waals surface area contributed by atoms with Crippen molar-refractivity contribution in [2.45, 2.75) is 6.54 Å². The maximum absolute atomic E-state index is 13.4. The van der Waals surface area contributed by atoms with Crippen LogP contribution in [0.5, 0.6) is 0 Å². The minimum absolute atomic E-state index is 0.0389. The quantitative estimate of drug-likeness (QED) is 0.431. The van der Waals surface area contributed by atoms with Crippen molar-refractivity contribution in [3.05, 3.63) is 95.9 Å². The zero-order valence-corrected chi connectivity index (χ0v) is 17.4. The molecule has 0 atom stereocenters. The van der Waals surface area contributed by atoms with Gasteiger partial charge in [-0.1, -0.05) is 18.2 Å². The highest BCUT2D eigenvalue weighted by Crippen LogP contribution is 2.25. The lowest BCUT2D eigenvalue weighted by atomic mass is 10.2. The lowest BCUT2D eigenvalue weighted by molar-refractivity contribution is 0.0940. The van der Waals surface area contributed by atoms with E-state index in [1.54, 1.807) is 27.8 Å². The highest BCUT2D eigenvalue weighted by Gasteiger charge is 2.19. The third kappa shape index (κ3) is 4.03. The molecule has 0 aliphatic carbocycles. The van der Waals surface area contributed by atoms with Gasteiger partial charge in [-0.25, -0.2) is 23.7 Å². The molecule has 0 aliphatic rings. The number of halogens is 1. The molecule has 3 heterocycles. The summed E-state index contributed by atoms with van der Waals surface area (Å²) in [5.41, 5.74) is 2.40. The molecule has 32 heavy (non-hydrogen) atoms. The third-order valence-corrected chi connectivity index (χ3v) is 5.56. The molecule has 0 saturated heterocycles. The van der Waals surface area contributed by atoms with Crippen LogP contribution < -0.4 is 5.32 Å². The van der Waals surface area contributed by atoms with E-state index in [4.69, 9.17) is 0 Å².